The highest BCUT2D eigenvalue weighted by Crippen LogP contribution is 2.31. The van der Waals surface area contributed by atoms with E-state index in [-0.39, 0.29) is 12.1 Å². The van der Waals surface area contributed by atoms with Gasteiger partial charge in [0.15, 0.2) is 0 Å². The third kappa shape index (κ3) is 3.90. The van der Waals surface area contributed by atoms with Gasteiger partial charge in [-0.15, -0.1) is 0 Å². The highest BCUT2D eigenvalue weighted by Gasteiger charge is 2.31. The number of amides is 2. The first kappa shape index (κ1) is 19.7. The van der Waals surface area contributed by atoms with Gasteiger partial charge in [0, 0.05) is 44.5 Å². The fraction of sp³-hybridized carbons (Fsp3) is 0.650. The number of hydrogen-bond donors (Lipinski definition) is 1. The first-order valence-corrected chi connectivity index (χ1v) is 11.8. The van der Waals surface area contributed by atoms with Crippen LogP contribution in [0.4, 0.5) is 10.5 Å². The van der Waals surface area contributed by atoms with Crippen molar-refractivity contribution in [3.8, 4) is 0 Å². The van der Waals surface area contributed by atoms with Crippen molar-refractivity contribution in [2.45, 2.75) is 49.5 Å². The minimum atomic E-state index is -3.48. The number of carbonyl (C=O) groups excluding carboxylic acids is 1. The number of carbonyl (C=O) groups is 1. The lowest BCUT2D eigenvalue weighted by Crippen LogP contribution is -2.47. The average molecular weight is 407 g/mol. The molecule has 4 rings (SSSR count). The van der Waals surface area contributed by atoms with Gasteiger partial charge in [-0.2, -0.15) is 4.31 Å². The minimum Gasteiger partial charge on any atom is -0.335 e. The van der Waals surface area contributed by atoms with Gasteiger partial charge in [-0.25, -0.2) is 13.2 Å². The Balaban J connectivity index is 1.48. The van der Waals surface area contributed by atoms with Gasteiger partial charge in [0.05, 0.1) is 4.90 Å². The average Bonchev–Trinajstić information content (AvgIpc) is 3.12. The number of nitrogens with zero attached hydrogens (tertiary/aromatic N) is 3. The molecule has 8 heteroatoms. The number of nitrogens with one attached hydrogen (secondary N) is 1. The molecular formula is C20H30N4O3S. The van der Waals surface area contributed by atoms with Gasteiger partial charge in [0.2, 0.25) is 10.0 Å². The van der Waals surface area contributed by atoms with Gasteiger partial charge in [0.1, 0.15) is 0 Å². The quantitative estimate of drug-likeness (QED) is 0.834. The van der Waals surface area contributed by atoms with Gasteiger partial charge in [-0.1, -0.05) is 19.3 Å². The van der Waals surface area contributed by atoms with Gasteiger partial charge >= 0.3 is 6.03 Å². The summed E-state index contributed by atoms with van der Waals surface area (Å²) in [5.74, 6) is 0. The lowest BCUT2D eigenvalue weighted by molar-refractivity contribution is 0.222. The fourth-order valence-corrected chi connectivity index (χ4v) is 5.90. The van der Waals surface area contributed by atoms with E-state index in [0.717, 1.165) is 37.2 Å². The van der Waals surface area contributed by atoms with Crippen molar-refractivity contribution in [3.05, 3.63) is 23.8 Å². The van der Waals surface area contributed by atoms with Crippen LogP contribution in [0.3, 0.4) is 0 Å². The maximum atomic E-state index is 13.0. The standard InChI is InChI=1S/C20H30N4O3S/c1-22-11-13-23(14-12-22)28(26,27)18-7-8-19-16(15-18)9-10-24(19)20(25)21-17-5-3-2-4-6-17/h7-8,15,17H,2-6,9-14H2,1H3,(H,21,25). The van der Waals surface area contributed by atoms with Crippen LogP contribution < -0.4 is 10.2 Å². The second-order valence-electron chi connectivity index (χ2n) is 8.18. The Hall–Kier alpha value is -1.64. The van der Waals surface area contributed by atoms with Crippen molar-refractivity contribution < 1.29 is 13.2 Å². The Kier molecular flexibility index (Phi) is 5.62. The van der Waals surface area contributed by atoms with Crippen LogP contribution in [0.2, 0.25) is 0 Å². The molecule has 1 aromatic carbocycles. The molecule has 2 fully saturated rings. The summed E-state index contributed by atoms with van der Waals surface area (Å²) in [6, 6.07) is 5.42. The van der Waals surface area contributed by atoms with Crippen LogP contribution in [0.25, 0.3) is 0 Å². The molecule has 1 saturated carbocycles. The Labute approximate surface area is 167 Å². The Bertz CT molecular complexity index is 828. The first-order chi connectivity index (χ1) is 13.4. The van der Waals surface area contributed by atoms with E-state index in [0.29, 0.717) is 31.0 Å². The predicted molar refractivity (Wildman–Crippen MR) is 109 cm³/mol. The second-order valence-corrected chi connectivity index (χ2v) is 10.1. The molecule has 0 atom stereocenters. The van der Waals surface area contributed by atoms with E-state index in [2.05, 4.69) is 10.2 Å². The summed E-state index contributed by atoms with van der Waals surface area (Å²) in [5.41, 5.74) is 1.78. The van der Waals surface area contributed by atoms with Crippen molar-refractivity contribution in [1.82, 2.24) is 14.5 Å². The summed E-state index contributed by atoms with van der Waals surface area (Å²) in [4.78, 5) is 17.0. The normalized spacial score (nSPS) is 22.2. The molecule has 154 valence electrons. The lowest BCUT2D eigenvalue weighted by Gasteiger charge is -2.31. The largest absolute Gasteiger partial charge is 0.335 e. The highest BCUT2D eigenvalue weighted by atomic mass is 32.2. The van der Waals surface area contributed by atoms with Crippen LogP contribution >= 0.6 is 0 Å². The molecule has 3 aliphatic rings. The number of anilines is 1. The van der Waals surface area contributed by atoms with Crippen LogP contribution in [0.1, 0.15) is 37.7 Å². The number of urea groups is 1. The Morgan fingerprint density at radius 2 is 1.75 bits per heavy atom. The molecule has 0 bridgehead atoms. The van der Waals surface area contributed by atoms with Crippen molar-refractivity contribution in [1.29, 1.82) is 0 Å². The van der Waals surface area contributed by atoms with Gasteiger partial charge in [-0.05, 0) is 50.1 Å². The van der Waals surface area contributed by atoms with Crippen molar-refractivity contribution in [2.75, 3.05) is 44.7 Å². The summed E-state index contributed by atoms with van der Waals surface area (Å²) >= 11 is 0. The van der Waals surface area contributed by atoms with Crippen LogP contribution in [0.5, 0.6) is 0 Å². The van der Waals surface area contributed by atoms with Crippen LogP contribution in [0, 0.1) is 0 Å². The second kappa shape index (κ2) is 8.00. The third-order valence-electron chi connectivity index (χ3n) is 6.22. The van der Waals surface area contributed by atoms with E-state index in [9.17, 15) is 13.2 Å². The van der Waals surface area contributed by atoms with E-state index in [4.69, 9.17) is 0 Å². The molecule has 0 aromatic heterocycles. The number of likely N-dealkylation sites (N-methyl/N-ethyl adjacent to an activating group) is 1. The molecule has 2 amide bonds. The molecule has 7 nitrogen and oxygen atoms in total. The van der Waals surface area contributed by atoms with Crippen LogP contribution in [-0.2, 0) is 16.4 Å². The van der Waals surface area contributed by atoms with Gasteiger partial charge in [0.25, 0.3) is 0 Å². The summed E-state index contributed by atoms with van der Waals surface area (Å²) in [6.45, 7) is 3.14. The van der Waals surface area contributed by atoms with Crippen molar-refractivity contribution in [2.24, 2.45) is 0 Å². The van der Waals surface area contributed by atoms with Crippen LogP contribution in [-0.4, -0.2) is 69.5 Å². The number of sulfonamides is 1. The lowest BCUT2D eigenvalue weighted by atomic mass is 9.96. The van der Waals surface area contributed by atoms with Gasteiger partial charge < -0.3 is 10.2 Å². The molecule has 1 aromatic rings. The number of hydrogen-bond acceptors (Lipinski definition) is 4. The summed E-state index contributed by atoms with van der Waals surface area (Å²) in [6.07, 6.45) is 6.40. The highest BCUT2D eigenvalue weighted by molar-refractivity contribution is 7.89. The first-order valence-electron chi connectivity index (χ1n) is 10.3. The summed E-state index contributed by atoms with van der Waals surface area (Å²) < 4.78 is 27.5. The number of rotatable bonds is 3. The van der Waals surface area contributed by atoms with E-state index in [1.165, 1.54) is 19.3 Å². The molecular weight excluding hydrogens is 376 g/mol. The smallest absolute Gasteiger partial charge is 0.322 e. The minimum absolute atomic E-state index is 0.0553. The molecule has 1 N–H and O–H groups in total. The van der Waals surface area contributed by atoms with Crippen molar-refractivity contribution in [3.63, 3.8) is 0 Å². The molecule has 0 spiro atoms. The summed E-state index contributed by atoms with van der Waals surface area (Å²) in [7, 11) is -1.47. The van der Waals surface area contributed by atoms with Crippen LogP contribution in [0.15, 0.2) is 23.1 Å². The van der Waals surface area contributed by atoms with E-state index in [1.807, 2.05) is 7.05 Å². The third-order valence-corrected chi connectivity index (χ3v) is 8.12. The monoisotopic (exact) mass is 406 g/mol. The number of benzene rings is 1. The molecule has 1 aliphatic carbocycles. The van der Waals surface area contributed by atoms with Gasteiger partial charge in [-0.3, -0.25) is 4.90 Å². The van der Waals surface area contributed by atoms with E-state index in [1.54, 1.807) is 27.4 Å². The van der Waals surface area contributed by atoms with E-state index >= 15 is 0 Å². The zero-order valence-corrected chi connectivity index (χ0v) is 17.4. The Morgan fingerprint density at radius 1 is 1.04 bits per heavy atom. The molecule has 2 heterocycles. The number of fused-ring (bicyclic) bond motifs is 1. The molecule has 1 saturated heterocycles. The Morgan fingerprint density at radius 3 is 2.46 bits per heavy atom. The molecule has 2 aliphatic heterocycles. The van der Waals surface area contributed by atoms with E-state index < -0.39 is 10.0 Å². The van der Waals surface area contributed by atoms with Crippen molar-refractivity contribution >= 4 is 21.7 Å². The maximum Gasteiger partial charge on any atom is 0.322 e. The molecule has 0 unspecified atom stereocenters. The zero-order chi connectivity index (χ0) is 19.7. The number of piperazine rings is 1. The zero-order valence-electron chi connectivity index (χ0n) is 16.6. The SMILES string of the molecule is CN1CCN(S(=O)(=O)c2ccc3c(c2)CCN3C(=O)NC2CCCCC2)CC1. The topological polar surface area (TPSA) is 73.0 Å². The predicted octanol–water partition coefficient (Wildman–Crippen LogP) is 2.03. The fourth-order valence-electron chi connectivity index (χ4n) is 4.43. The molecule has 28 heavy (non-hydrogen) atoms. The maximum absolute atomic E-state index is 13.0. The molecule has 0 radical (unpaired) electrons. The summed E-state index contributed by atoms with van der Waals surface area (Å²) in [5, 5.41) is 3.16.